The van der Waals surface area contributed by atoms with Crippen LogP contribution in [0, 0.1) is 19.3 Å². The quantitative estimate of drug-likeness (QED) is 0.398. The lowest BCUT2D eigenvalue weighted by molar-refractivity contribution is 0.518. The molecule has 0 unspecified atom stereocenters. The fourth-order valence-electron chi connectivity index (χ4n) is 3.73. The average Bonchev–Trinajstić information content (AvgIpc) is 3.20. The Morgan fingerprint density at radius 2 is 2.11 bits per heavy atom. The van der Waals surface area contributed by atoms with Crippen LogP contribution in [0.3, 0.4) is 0 Å². The molecule has 0 saturated heterocycles. The molecule has 0 amide bonds. The molecule has 0 atom stereocenters. The van der Waals surface area contributed by atoms with Crippen molar-refractivity contribution in [1.82, 2.24) is 4.90 Å². The molecular formula is C27H29N. The SMILES string of the molecule is C#CC/C=C\CCC1=C(c2cccc(C)c2)/C(C)=C/C=C/C(N2C=CCC2)=C1. The van der Waals surface area contributed by atoms with Gasteiger partial charge >= 0.3 is 0 Å². The first-order valence-corrected chi connectivity index (χ1v) is 10.1. The van der Waals surface area contributed by atoms with Gasteiger partial charge in [-0.3, -0.25) is 0 Å². The fourth-order valence-corrected chi connectivity index (χ4v) is 3.73. The van der Waals surface area contributed by atoms with Crippen molar-refractivity contribution < 1.29 is 0 Å². The third-order valence-electron chi connectivity index (χ3n) is 5.09. The van der Waals surface area contributed by atoms with E-state index in [9.17, 15) is 0 Å². The summed E-state index contributed by atoms with van der Waals surface area (Å²) in [6, 6.07) is 8.82. The molecule has 2 aliphatic rings. The molecule has 28 heavy (non-hydrogen) atoms. The van der Waals surface area contributed by atoms with Crippen LogP contribution >= 0.6 is 0 Å². The first kappa shape index (κ1) is 19.8. The van der Waals surface area contributed by atoms with E-state index in [0.29, 0.717) is 6.42 Å². The molecule has 0 fully saturated rings. The number of nitrogens with zero attached hydrogens (tertiary/aromatic N) is 1. The molecule has 0 N–H and O–H groups in total. The Balaban J connectivity index is 2.04. The number of benzene rings is 1. The first-order valence-electron chi connectivity index (χ1n) is 10.1. The van der Waals surface area contributed by atoms with Gasteiger partial charge in [-0.25, -0.2) is 0 Å². The van der Waals surface area contributed by atoms with Crippen molar-refractivity contribution in [3.63, 3.8) is 0 Å². The van der Waals surface area contributed by atoms with Gasteiger partial charge in [0.05, 0.1) is 0 Å². The molecule has 142 valence electrons. The first-order chi connectivity index (χ1) is 13.7. The Kier molecular flexibility index (Phi) is 6.93. The Morgan fingerprint density at radius 3 is 2.86 bits per heavy atom. The Labute approximate surface area is 170 Å². The minimum absolute atomic E-state index is 0.700. The summed E-state index contributed by atoms with van der Waals surface area (Å²) in [7, 11) is 0. The van der Waals surface area contributed by atoms with Crippen molar-refractivity contribution in [1.29, 1.82) is 0 Å². The Bertz CT molecular complexity index is 925. The smallest absolute Gasteiger partial charge is 0.0409 e. The molecule has 0 saturated carbocycles. The summed E-state index contributed by atoms with van der Waals surface area (Å²) >= 11 is 0. The summed E-state index contributed by atoms with van der Waals surface area (Å²) in [5, 5.41) is 0. The second-order valence-corrected chi connectivity index (χ2v) is 7.33. The highest BCUT2D eigenvalue weighted by Crippen LogP contribution is 2.33. The highest BCUT2D eigenvalue weighted by molar-refractivity contribution is 5.83. The van der Waals surface area contributed by atoms with Crippen LogP contribution in [0.5, 0.6) is 0 Å². The minimum Gasteiger partial charge on any atom is -0.348 e. The van der Waals surface area contributed by atoms with Crippen LogP contribution in [0.15, 0.2) is 89.8 Å². The van der Waals surface area contributed by atoms with E-state index in [1.165, 1.54) is 33.5 Å². The van der Waals surface area contributed by atoms with Crippen molar-refractivity contribution in [3.05, 3.63) is 101 Å². The van der Waals surface area contributed by atoms with Crippen molar-refractivity contribution in [2.75, 3.05) is 6.54 Å². The number of allylic oxidation sites excluding steroid dienone is 9. The van der Waals surface area contributed by atoms with E-state index >= 15 is 0 Å². The standard InChI is InChI=1S/C27H29N/c1-4-5-6-7-8-15-25-21-26(28-18-9-10-19-28)17-12-14-23(3)27(25)24-16-11-13-22(2)20-24/h1,6-7,9,11-14,16-18,20-21H,5,8,10,15,19H2,2-3H3/b7-6-,14-12?,17-12+,23-14+,25-21?,26-17?,26-21?,27-23?,27-25?. The predicted octanol–water partition coefficient (Wildman–Crippen LogP) is 6.73. The van der Waals surface area contributed by atoms with Crippen LogP contribution in [0.25, 0.3) is 5.57 Å². The zero-order chi connectivity index (χ0) is 19.8. The lowest BCUT2D eigenvalue weighted by Gasteiger charge is -2.21. The van der Waals surface area contributed by atoms with Crippen LogP contribution in [-0.4, -0.2) is 11.4 Å². The van der Waals surface area contributed by atoms with Crippen molar-refractivity contribution in [2.24, 2.45) is 0 Å². The van der Waals surface area contributed by atoms with Gasteiger partial charge in [0.2, 0.25) is 0 Å². The van der Waals surface area contributed by atoms with Gasteiger partial charge in [-0.15, -0.1) is 12.3 Å². The summed E-state index contributed by atoms with van der Waals surface area (Å²) in [5.41, 5.74) is 7.86. The van der Waals surface area contributed by atoms with Gasteiger partial charge in [-0.1, -0.05) is 60.2 Å². The molecule has 0 bridgehead atoms. The molecule has 1 nitrogen and oxygen atoms in total. The highest BCUT2D eigenvalue weighted by atomic mass is 15.1. The monoisotopic (exact) mass is 367 g/mol. The van der Waals surface area contributed by atoms with Crippen molar-refractivity contribution in [3.8, 4) is 12.3 Å². The van der Waals surface area contributed by atoms with Crippen LogP contribution in [0.1, 0.15) is 43.7 Å². The number of aryl methyl sites for hydroxylation is 1. The molecule has 1 heterocycles. The largest absolute Gasteiger partial charge is 0.348 e. The highest BCUT2D eigenvalue weighted by Gasteiger charge is 2.15. The number of hydrogen-bond donors (Lipinski definition) is 0. The molecule has 1 heteroatoms. The second kappa shape index (κ2) is 9.81. The van der Waals surface area contributed by atoms with E-state index in [4.69, 9.17) is 6.42 Å². The predicted molar refractivity (Wildman–Crippen MR) is 121 cm³/mol. The maximum atomic E-state index is 5.36. The molecule has 3 rings (SSSR count). The topological polar surface area (TPSA) is 3.24 Å². The molecule has 0 aromatic heterocycles. The summed E-state index contributed by atoms with van der Waals surface area (Å²) < 4.78 is 0. The Hall–Kier alpha value is -2.98. The van der Waals surface area contributed by atoms with Gasteiger partial charge in [0, 0.05) is 24.9 Å². The van der Waals surface area contributed by atoms with E-state index in [1.54, 1.807) is 0 Å². The summed E-state index contributed by atoms with van der Waals surface area (Å²) in [4.78, 5) is 2.34. The molecule has 1 aromatic carbocycles. The average molecular weight is 368 g/mol. The van der Waals surface area contributed by atoms with E-state index in [-0.39, 0.29) is 0 Å². The normalized spacial score (nSPS) is 19.8. The van der Waals surface area contributed by atoms with Gasteiger partial charge in [-0.05, 0) is 67.5 Å². The zero-order valence-corrected chi connectivity index (χ0v) is 17.0. The summed E-state index contributed by atoms with van der Waals surface area (Å²) in [6.45, 7) is 5.42. The molecule has 1 aromatic rings. The lowest BCUT2D eigenvalue weighted by Crippen LogP contribution is -2.13. The molecule has 1 aliphatic heterocycles. The fraction of sp³-hybridized carbons (Fsp3) is 0.259. The van der Waals surface area contributed by atoms with Crippen molar-refractivity contribution in [2.45, 2.75) is 39.5 Å². The van der Waals surface area contributed by atoms with Crippen LogP contribution in [0.2, 0.25) is 0 Å². The van der Waals surface area contributed by atoms with E-state index < -0.39 is 0 Å². The number of terminal acetylenes is 1. The maximum absolute atomic E-state index is 5.36. The van der Waals surface area contributed by atoms with E-state index in [0.717, 1.165) is 25.8 Å². The molecule has 0 radical (unpaired) electrons. The number of hydrogen-bond acceptors (Lipinski definition) is 1. The van der Waals surface area contributed by atoms with Gasteiger partial charge in [0.15, 0.2) is 0 Å². The van der Waals surface area contributed by atoms with E-state index in [1.807, 2.05) is 0 Å². The molecule has 0 spiro atoms. The van der Waals surface area contributed by atoms with Crippen molar-refractivity contribution >= 4 is 5.57 Å². The van der Waals surface area contributed by atoms with Gasteiger partial charge in [0.25, 0.3) is 0 Å². The van der Waals surface area contributed by atoms with Crippen LogP contribution in [0.4, 0.5) is 0 Å². The van der Waals surface area contributed by atoms with Gasteiger partial charge in [-0.2, -0.15) is 0 Å². The molecular weight excluding hydrogens is 338 g/mol. The van der Waals surface area contributed by atoms with Gasteiger partial charge < -0.3 is 4.90 Å². The lowest BCUT2D eigenvalue weighted by atomic mass is 9.89. The Morgan fingerprint density at radius 1 is 1.21 bits per heavy atom. The van der Waals surface area contributed by atoms with Gasteiger partial charge in [0.1, 0.15) is 0 Å². The summed E-state index contributed by atoms with van der Waals surface area (Å²) in [5.74, 6) is 2.67. The third-order valence-corrected chi connectivity index (χ3v) is 5.09. The second-order valence-electron chi connectivity index (χ2n) is 7.33. The van der Waals surface area contributed by atoms with E-state index in [2.05, 4.69) is 97.7 Å². The van der Waals surface area contributed by atoms with Crippen LogP contribution in [-0.2, 0) is 0 Å². The minimum atomic E-state index is 0.700. The van der Waals surface area contributed by atoms with Crippen LogP contribution < -0.4 is 0 Å². The molecule has 1 aliphatic carbocycles. The third kappa shape index (κ3) is 5.05. The number of rotatable bonds is 6. The summed E-state index contributed by atoms with van der Waals surface area (Å²) in [6.07, 6.45) is 26.9. The maximum Gasteiger partial charge on any atom is 0.0409 e. The zero-order valence-electron chi connectivity index (χ0n) is 17.0.